The molecular weight excluding hydrogens is 310 g/mol. The second kappa shape index (κ2) is 9.58. The highest BCUT2D eigenvalue weighted by Crippen LogP contribution is 2.14. The molecule has 0 bridgehead atoms. The first-order valence-electron chi connectivity index (χ1n) is 8.62. The molecule has 2 aromatic rings. The van der Waals surface area contributed by atoms with Crippen LogP contribution >= 0.6 is 0 Å². The summed E-state index contributed by atoms with van der Waals surface area (Å²) in [7, 11) is 0. The van der Waals surface area contributed by atoms with Gasteiger partial charge >= 0.3 is 5.97 Å². The van der Waals surface area contributed by atoms with E-state index in [1.165, 1.54) is 11.6 Å². The summed E-state index contributed by atoms with van der Waals surface area (Å²) < 4.78 is 5.19. The van der Waals surface area contributed by atoms with E-state index in [2.05, 4.69) is 37.9 Å². The molecule has 0 radical (unpaired) electrons. The van der Waals surface area contributed by atoms with Crippen LogP contribution in [0.15, 0.2) is 59.6 Å². The van der Waals surface area contributed by atoms with E-state index in [1.54, 1.807) is 6.08 Å². The van der Waals surface area contributed by atoms with Crippen LogP contribution in [0.25, 0.3) is 6.08 Å². The van der Waals surface area contributed by atoms with E-state index in [9.17, 15) is 4.79 Å². The van der Waals surface area contributed by atoms with Crippen molar-refractivity contribution in [3.63, 3.8) is 0 Å². The predicted octanol–water partition coefficient (Wildman–Crippen LogP) is 5.35. The molecular formula is C22H25NO2. The van der Waals surface area contributed by atoms with Crippen LogP contribution in [0.1, 0.15) is 37.0 Å². The number of aliphatic imine (C=N–C) groups is 1. The maximum absolute atomic E-state index is 11.7. The fraction of sp³-hybridized carbons (Fsp3) is 0.273. The Kier molecular flexibility index (Phi) is 7.15. The van der Waals surface area contributed by atoms with Crippen molar-refractivity contribution in [3.05, 3.63) is 71.3 Å². The van der Waals surface area contributed by atoms with Crippen molar-refractivity contribution in [3.8, 4) is 0 Å². The number of aryl methyl sites for hydroxylation is 1. The molecule has 0 aliphatic heterocycles. The molecule has 1 unspecified atom stereocenters. The maximum Gasteiger partial charge on any atom is 0.330 e. The topological polar surface area (TPSA) is 38.7 Å². The number of rotatable bonds is 7. The second-order valence-electron chi connectivity index (χ2n) is 6.24. The van der Waals surface area contributed by atoms with E-state index >= 15 is 0 Å². The van der Waals surface area contributed by atoms with Gasteiger partial charge < -0.3 is 4.74 Å². The van der Waals surface area contributed by atoms with Gasteiger partial charge in [0.25, 0.3) is 0 Å². The van der Waals surface area contributed by atoms with Gasteiger partial charge in [0.15, 0.2) is 0 Å². The Hall–Kier alpha value is -2.68. The van der Waals surface area contributed by atoms with Gasteiger partial charge in [-0.1, -0.05) is 62.2 Å². The molecule has 0 aromatic heterocycles. The van der Waals surface area contributed by atoms with Crippen molar-refractivity contribution in [1.82, 2.24) is 0 Å². The van der Waals surface area contributed by atoms with Gasteiger partial charge in [0.2, 0.25) is 0 Å². The van der Waals surface area contributed by atoms with E-state index in [0.717, 1.165) is 23.2 Å². The third kappa shape index (κ3) is 6.76. The van der Waals surface area contributed by atoms with Crippen molar-refractivity contribution in [2.45, 2.75) is 27.2 Å². The van der Waals surface area contributed by atoms with E-state index < -0.39 is 0 Å². The minimum atomic E-state index is -0.304. The zero-order valence-electron chi connectivity index (χ0n) is 15.1. The average Bonchev–Trinajstić information content (AvgIpc) is 2.64. The van der Waals surface area contributed by atoms with E-state index in [-0.39, 0.29) is 5.97 Å². The first-order valence-corrected chi connectivity index (χ1v) is 8.62. The quantitative estimate of drug-likeness (QED) is 0.389. The Morgan fingerprint density at radius 3 is 2.36 bits per heavy atom. The van der Waals surface area contributed by atoms with Crippen LogP contribution in [0.5, 0.6) is 0 Å². The lowest BCUT2D eigenvalue weighted by molar-refractivity contribution is -0.138. The molecule has 3 nitrogen and oxygen atoms in total. The summed E-state index contributed by atoms with van der Waals surface area (Å²) in [5, 5.41) is 0. The average molecular weight is 335 g/mol. The molecule has 2 aromatic carbocycles. The van der Waals surface area contributed by atoms with Gasteiger partial charge in [-0.3, -0.25) is 4.99 Å². The lowest BCUT2D eigenvalue weighted by Gasteiger charge is -2.07. The number of carbonyl (C=O) groups excluding carboxylic acids is 1. The molecule has 0 aliphatic carbocycles. The van der Waals surface area contributed by atoms with Crippen LogP contribution in [0.2, 0.25) is 0 Å². The van der Waals surface area contributed by atoms with Gasteiger partial charge in [0, 0.05) is 12.3 Å². The van der Waals surface area contributed by atoms with Crippen LogP contribution in [0.3, 0.4) is 0 Å². The standard InChI is InChI=1S/C22H25NO2/c1-4-17(2)16-25-22(24)14-11-19-9-12-21(13-10-19)23-15-20-7-5-18(3)6-8-20/h5-15,17H,4,16H2,1-3H3/b14-11+,23-15?. The van der Waals surface area contributed by atoms with Crippen molar-refractivity contribution in [2.75, 3.05) is 6.61 Å². The minimum absolute atomic E-state index is 0.304. The molecule has 130 valence electrons. The summed E-state index contributed by atoms with van der Waals surface area (Å²) in [5.74, 6) is 0.0878. The first kappa shape index (κ1) is 18.7. The fourth-order valence-electron chi connectivity index (χ4n) is 2.03. The number of hydrogen-bond acceptors (Lipinski definition) is 3. The molecule has 0 N–H and O–H groups in total. The van der Waals surface area contributed by atoms with E-state index in [0.29, 0.717) is 12.5 Å². The van der Waals surface area contributed by atoms with E-state index in [1.807, 2.05) is 42.6 Å². The van der Waals surface area contributed by atoms with Gasteiger partial charge in [-0.05, 0) is 42.2 Å². The number of esters is 1. The third-order valence-electron chi connectivity index (χ3n) is 3.95. The SMILES string of the molecule is CCC(C)COC(=O)/C=C/c1ccc(N=Cc2ccc(C)cc2)cc1. The van der Waals surface area contributed by atoms with Crippen molar-refractivity contribution in [2.24, 2.45) is 10.9 Å². The van der Waals surface area contributed by atoms with Crippen molar-refractivity contribution >= 4 is 23.9 Å². The number of benzene rings is 2. The molecule has 25 heavy (non-hydrogen) atoms. The van der Waals surface area contributed by atoms with Crippen LogP contribution in [-0.2, 0) is 9.53 Å². The Morgan fingerprint density at radius 1 is 1.08 bits per heavy atom. The zero-order chi connectivity index (χ0) is 18.1. The minimum Gasteiger partial charge on any atom is -0.462 e. The molecule has 3 heteroatoms. The molecule has 1 atom stereocenters. The number of hydrogen-bond donors (Lipinski definition) is 0. The molecule has 0 spiro atoms. The van der Waals surface area contributed by atoms with Crippen LogP contribution in [-0.4, -0.2) is 18.8 Å². The van der Waals surface area contributed by atoms with Crippen LogP contribution in [0.4, 0.5) is 5.69 Å². The lowest BCUT2D eigenvalue weighted by Crippen LogP contribution is -2.08. The monoisotopic (exact) mass is 335 g/mol. The molecule has 0 saturated carbocycles. The highest BCUT2D eigenvalue weighted by Gasteiger charge is 2.02. The fourth-order valence-corrected chi connectivity index (χ4v) is 2.03. The van der Waals surface area contributed by atoms with Crippen molar-refractivity contribution < 1.29 is 9.53 Å². The summed E-state index contributed by atoms with van der Waals surface area (Å²) in [6.07, 6.45) is 6.07. The molecule has 0 amide bonds. The highest BCUT2D eigenvalue weighted by molar-refractivity contribution is 5.87. The summed E-state index contributed by atoms with van der Waals surface area (Å²) in [5.41, 5.74) is 4.11. The number of nitrogens with zero attached hydrogens (tertiary/aromatic N) is 1. The molecule has 0 saturated heterocycles. The predicted molar refractivity (Wildman–Crippen MR) is 104 cm³/mol. The largest absolute Gasteiger partial charge is 0.462 e. The Labute approximate surface area is 150 Å². The molecule has 0 aliphatic rings. The summed E-state index contributed by atoms with van der Waals surface area (Å²) >= 11 is 0. The van der Waals surface area contributed by atoms with Crippen molar-refractivity contribution in [1.29, 1.82) is 0 Å². The number of carbonyl (C=O) groups is 1. The Bertz CT molecular complexity index is 728. The smallest absolute Gasteiger partial charge is 0.330 e. The summed E-state index contributed by atoms with van der Waals surface area (Å²) in [6.45, 7) is 6.67. The van der Waals surface area contributed by atoms with Gasteiger partial charge in [-0.25, -0.2) is 4.79 Å². The normalized spacial score (nSPS) is 12.6. The highest BCUT2D eigenvalue weighted by atomic mass is 16.5. The Morgan fingerprint density at radius 2 is 1.72 bits per heavy atom. The summed E-state index contributed by atoms with van der Waals surface area (Å²) in [6, 6.07) is 15.9. The molecule has 0 fully saturated rings. The lowest BCUT2D eigenvalue weighted by atomic mass is 10.1. The first-order chi connectivity index (χ1) is 12.1. The Balaban J connectivity index is 1.89. The summed E-state index contributed by atoms with van der Waals surface area (Å²) in [4.78, 5) is 16.1. The second-order valence-corrected chi connectivity index (χ2v) is 6.24. The van der Waals surface area contributed by atoms with Gasteiger partial charge in [0.1, 0.15) is 0 Å². The molecule has 2 rings (SSSR count). The number of ether oxygens (including phenoxy) is 1. The molecule has 0 heterocycles. The van der Waals surface area contributed by atoms with Gasteiger partial charge in [-0.15, -0.1) is 0 Å². The van der Waals surface area contributed by atoms with E-state index in [4.69, 9.17) is 4.74 Å². The van der Waals surface area contributed by atoms with Crippen LogP contribution in [0, 0.1) is 12.8 Å². The third-order valence-corrected chi connectivity index (χ3v) is 3.95. The zero-order valence-corrected chi connectivity index (χ0v) is 15.1. The van der Waals surface area contributed by atoms with Crippen LogP contribution < -0.4 is 0 Å². The maximum atomic E-state index is 11.7. The van der Waals surface area contributed by atoms with Gasteiger partial charge in [-0.2, -0.15) is 0 Å². The van der Waals surface area contributed by atoms with Gasteiger partial charge in [0.05, 0.1) is 12.3 Å².